The summed E-state index contributed by atoms with van der Waals surface area (Å²) in [7, 11) is 0. The highest BCUT2D eigenvalue weighted by molar-refractivity contribution is 7.99. The molecule has 0 aliphatic rings. The third-order valence-corrected chi connectivity index (χ3v) is 8.97. The predicted molar refractivity (Wildman–Crippen MR) is 173 cm³/mol. The number of carbonyl (C=O) groups is 2. The zero-order valence-electron chi connectivity index (χ0n) is 25.6. The molecule has 0 aliphatic heterocycles. The number of aliphatic carboxylic acids is 1. The summed E-state index contributed by atoms with van der Waals surface area (Å²) in [6, 6.07) is 15.7. The lowest BCUT2D eigenvalue weighted by molar-refractivity contribution is -0.137. The third-order valence-electron chi connectivity index (χ3n) is 7.60. The van der Waals surface area contributed by atoms with Gasteiger partial charge in [0.05, 0.1) is 23.5 Å². The van der Waals surface area contributed by atoms with E-state index in [9.17, 15) is 19.8 Å². The Morgan fingerprint density at radius 3 is 2.23 bits per heavy atom. The number of hydrogen-bond donors (Lipinski definition) is 3. The molecule has 0 fully saturated rings. The van der Waals surface area contributed by atoms with Crippen LogP contribution in [0.15, 0.2) is 53.4 Å². The molecule has 2 atom stereocenters. The summed E-state index contributed by atoms with van der Waals surface area (Å²) < 4.78 is 5.72. The van der Waals surface area contributed by atoms with E-state index in [2.05, 4.69) is 36.2 Å². The van der Waals surface area contributed by atoms with E-state index in [1.807, 2.05) is 25.1 Å². The second-order valence-electron chi connectivity index (χ2n) is 11.2. The number of ether oxygens (including phenoxy) is 1. The molecule has 234 valence electrons. The van der Waals surface area contributed by atoms with Crippen molar-refractivity contribution in [1.82, 2.24) is 4.98 Å². The highest BCUT2D eigenvalue weighted by Gasteiger charge is 2.23. The molecule has 0 saturated heterocycles. The van der Waals surface area contributed by atoms with Gasteiger partial charge in [-0.1, -0.05) is 89.1 Å². The number of aliphatic hydroxyl groups excluding tert-OH is 1. The van der Waals surface area contributed by atoms with E-state index in [4.69, 9.17) is 9.84 Å². The van der Waals surface area contributed by atoms with Crippen molar-refractivity contribution in [3.63, 3.8) is 0 Å². The lowest BCUT2D eigenvalue weighted by Gasteiger charge is -2.23. The van der Waals surface area contributed by atoms with E-state index in [0.717, 1.165) is 29.7 Å². The number of fused-ring (bicyclic) bond motifs is 1. The Morgan fingerprint density at radius 1 is 0.860 bits per heavy atom. The number of carboxylic acid groups (broad SMARTS) is 2. The fourth-order valence-corrected chi connectivity index (χ4v) is 6.27. The summed E-state index contributed by atoms with van der Waals surface area (Å²) in [6.45, 7) is 4.66. The minimum absolute atomic E-state index is 0.0123. The number of benzene rings is 2. The van der Waals surface area contributed by atoms with Crippen molar-refractivity contribution in [2.75, 3.05) is 6.61 Å². The second-order valence-corrected chi connectivity index (χ2v) is 12.4. The zero-order valence-corrected chi connectivity index (χ0v) is 26.4. The minimum atomic E-state index is -1.08. The average molecular weight is 610 g/mol. The van der Waals surface area contributed by atoms with Crippen molar-refractivity contribution in [2.45, 2.75) is 114 Å². The number of thioether (sulfide) groups is 1. The van der Waals surface area contributed by atoms with Gasteiger partial charge in [0.1, 0.15) is 5.56 Å². The van der Waals surface area contributed by atoms with Crippen LogP contribution >= 0.6 is 11.8 Å². The Kier molecular flexibility index (Phi) is 14.8. The summed E-state index contributed by atoms with van der Waals surface area (Å²) in [6.07, 6.45) is 11.7. The van der Waals surface area contributed by atoms with Crippen LogP contribution in [0.25, 0.3) is 10.9 Å². The van der Waals surface area contributed by atoms with Gasteiger partial charge in [-0.3, -0.25) is 4.79 Å². The van der Waals surface area contributed by atoms with Gasteiger partial charge in [-0.2, -0.15) is 0 Å². The maximum absolute atomic E-state index is 11.8. The number of pyridine rings is 1. The second kappa shape index (κ2) is 18.5. The maximum atomic E-state index is 11.8. The van der Waals surface area contributed by atoms with Gasteiger partial charge in [-0.15, -0.1) is 11.8 Å². The van der Waals surface area contributed by atoms with Gasteiger partial charge in [0.15, 0.2) is 0 Å². The van der Waals surface area contributed by atoms with Crippen LogP contribution in [0.3, 0.4) is 0 Å². The van der Waals surface area contributed by atoms with Gasteiger partial charge >= 0.3 is 11.9 Å². The number of unbranched alkanes of at least 4 members (excludes halogenated alkanes) is 7. The molecule has 2 aromatic carbocycles. The number of rotatable bonds is 21. The summed E-state index contributed by atoms with van der Waals surface area (Å²) in [5.74, 6) is -1.85. The van der Waals surface area contributed by atoms with E-state index in [0.29, 0.717) is 30.4 Å². The Morgan fingerprint density at radius 2 is 1.56 bits per heavy atom. The zero-order chi connectivity index (χ0) is 31.0. The molecule has 0 saturated carbocycles. The van der Waals surface area contributed by atoms with E-state index < -0.39 is 18.0 Å². The predicted octanol–water partition coefficient (Wildman–Crippen LogP) is 8.85. The van der Waals surface area contributed by atoms with Crippen LogP contribution in [0.5, 0.6) is 5.88 Å². The first-order valence-corrected chi connectivity index (χ1v) is 16.7. The molecule has 8 heteroatoms. The van der Waals surface area contributed by atoms with E-state index in [1.165, 1.54) is 62.3 Å². The number of carboxylic acids is 2. The molecule has 7 nitrogen and oxygen atoms in total. The largest absolute Gasteiger partial charge is 0.481 e. The van der Waals surface area contributed by atoms with Gasteiger partial charge in [-0.05, 0) is 61.4 Å². The van der Waals surface area contributed by atoms with Crippen molar-refractivity contribution in [1.29, 1.82) is 0 Å². The first-order valence-electron chi connectivity index (χ1n) is 15.8. The number of aromatic nitrogens is 1. The first kappa shape index (κ1) is 34.4. The molecule has 3 aromatic rings. The summed E-state index contributed by atoms with van der Waals surface area (Å²) in [4.78, 5) is 28.3. The van der Waals surface area contributed by atoms with Crippen LogP contribution in [0.1, 0.15) is 118 Å². The van der Waals surface area contributed by atoms with Crippen LogP contribution in [-0.4, -0.2) is 45.0 Å². The van der Waals surface area contributed by atoms with Gasteiger partial charge in [0, 0.05) is 16.7 Å². The minimum Gasteiger partial charge on any atom is -0.481 e. The van der Waals surface area contributed by atoms with Crippen LogP contribution in [0.2, 0.25) is 0 Å². The number of aromatic carboxylic acids is 1. The van der Waals surface area contributed by atoms with Crippen LogP contribution in [0.4, 0.5) is 0 Å². The molecule has 0 aliphatic carbocycles. The van der Waals surface area contributed by atoms with Gasteiger partial charge in [0.25, 0.3) is 0 Å². The maximum Gasteiger partial charge on any atom is 0.341 e. The van der Waals surface area contributed by atoms with Crippen LogP contribution in [-0.2, 0) is 11.2 Å². The lowest BCUT2D eigenvalue weighted by atomic mass is 9.99. The molecule has 0 spiro atoms. The molecular weight excluding hydrogens is 562 g/mol. The number of aliphatic hydroxyl groups is 1. The Hall–Kier alpha value is -3.10. The van der Waals surface area contributed by atoms with E-state index in [-0.39, 0.29) is 23.1 Å². The molecular formula is C35H47NO6S. The first-order chi connectivity index (χ1) is 20.8. The molecule has 2 unspecified atom stereocenters. The monoisotopic (exact) mass is 609 g/mol. The lowest BCUT2D eigenvalue weighted by Crippen LogP contribution is -2.16. The van der Waals surface area contributed by atoms with E-state index in [1.54, 1.807) is 6.07 Å². The normalized spacial score (nSPS) is 12.7. The summed E-state index contributed by atoms with van der Waals surface area (Å²) in [5, 5.41) is 30.4. The molecule has 0 amide bonds. The summed E-state index contributed by atoms with van der Waals surface area (Å²) in [5.41, 5.74) is 2.91. The quantitative estimate of drug-likeness (QED) is 0.0810. The van der Waals surface area contributed by atoms with Crippen LogP contribution < -0.4 is 4.74 Å². The molecule has 3 rings (SSSR count). The molecule has 0 radical (unpaired) electrons. The SMILES string of the molecule is CCCCCCCCCc1ccc(C(Sc2ccc3cc(C(=O)O)c(OCCCC)nc3c2)C(O)CCCC(=O)O)cc1. The molecule has 1 heterocycles. The number of aryl methyl sites for hydroxylation is 1. The van der Waals surface area contributed by atoms with Crippen molar-refractivity contribution < 1.29 is 29.6 Å². The molecule has 43 heavy (non-hydrogen) atoms. The van der Waals surface area contributed by atoms with Crippen molar-refractivity contribution in [3.8, 4) is 5.88 Å². The topological polar surface area (TPSA) is 117 Å². The third kappa shape index (κ3) is 11.5. The molecule has 1 aromatic heterocycles. The average Bonchev–Trinajstić information content (AvgIpc) is 2.99. The Labute approximate surface area is 260 Å². The van der Waals surface area contributed by atoms with Crippen molar-refractivity contribution in [2.24, 2.45) is 0 Å². The molecule has 0 bridgehead atoms. The highest BCUT2D eigenvalue weighted by atomic mass is 32.2. The standard InChI is InChI=1S/C35H47NO6S/c1-3-5-7-8-9-10-11-13-25-16-18-26(19-17-25)33(31(37)14-12-15-32(38)39)43-28-21-20-27-23-29(35(40)41)34(36-30(27)24-28)42-22-6-4-2/h16-21,23-24,31,33,37H,3-15,22H2,1-2H3,(H,38,39)(H,40,41). The van der Waals surface area contributed by atoms with E-state index >= 15 is 0 Å². The number of nitrogens with zero attached hydrogens (tertiary/aromatic N) is 1. The Balaban J connectivity index is 1.77. The number of hydrogen-bond acceptors (Lipinski definition) is 6. The summed E-state index contributed by atoms with van der Waals surface area (Å²) >= 11 is 1.50. The van der Waals surface area contributed by atoms with Gasteiger partial charge in [-0.25, -0.2) is 9.78 Å². The fraction of sp³-hybridized carbons (Fsp3) is 0.514. The fourth-order valence-electron chi connectivity index (χ4n) is 5.07. The van der Waals surface area contributed by atoms with Gasteiger partial charge < -0.3 is 20.1 Å². The van der Waals surface area contributed by atoms with Crippen LogP contribution in [0, 0.1) is 0 Å². The highest BCUT2D eigenvalue weighted by Crippen LogP contribution is 2.40. The Bertz CT molecular complexity index is 1300. The van der Waals surface area contributed by atoms with Crippen molar-refractivity contribution >= 4 is 34.6 Å². The molecule has 3 N–H and O–H groups in total. The van der Waals surface area contributed by atoms with Gasteiger partial charge in [0.2, 0.25) is 5.88 Å². The van der Waals surface area contributed by atoms with Crippen molar-refractivity contribution in [3.05, 3.63) is 65.2 Å². The smallest absolute Gasteiger partial charge is 0.341 e.